The van der Waals surface area contributed by atoms with Gasteiger partial charge in [-0.1, -0.05) is 49.4 Å². The number of alkyl halides is 3. The number of benzene rings is 2. The van der Waals surface area contributed by atoms with E-state index >= 15 is 0 Å². The molecule has 45 heavy (non-hydrogen) atoms. The van der Waals surface area contributed by atoms with E-state index in [0.717, 1.165) is 0 Å². The zero-order valence-corrected chi connectivity index (χ0v) is 24.6. The molecule has 4 rings (SSSR count). The van der Waals surface area contributed by atoms with Gasteiger partial charge in [-0.15, -0.1) is 0 Å². The third-order valence-electron chi connectivity index (χ3n) is 7.45. The molecule has 3 aromatic rings. The van der Waals surface area contributed by atoms with Crippen molar-refractivity contribution in [1.82, 2.24) is 25.8 Å². The molecule has 1 fully saturated rings. The van der Waals surface area contributed by atoms with Crippen molar-refractivity contribution in [2.75, 3.05) is 32.8 Å². The molecular weight excluding hydrogens is 593 g/mol. The van der Waals surface area contributed by atoms with Gasteiger partial charge in [0, 0.05) is 55.0 Å². The monoisotopic (exact) mass is 628 g/mol. The fourth-order valence-electron chi connectivity index (χ4n) is 5.08. The number of carbonyl (C=O) groups excluding carboxylic acids is 4. The molecular formula is C31H35F3N6O5. The topological polar surface area (TPSA) is 156 Å². The van der Waals surface area contributed by atoms with Crippen LogP contribution in [-0.2, 0) is 36.8 Å². The first-order valence-electron chi connectivity index (χ1n) is 14.5. The first-order chi connectivity index (χ1) is 21.5. The summed E-state index contributed by atoms with van der Waals surface area (Å²) in [5, 5.41) is 16.4. The molecule has 2 heterocycles. The summed E-state index contributed by atoms with van der Waals surface area (Å²) in [5.74, 6) is -4.09. The van der Waals surface area contributed by atoms with Crippen molar-refractivity contribution >= 4 is 40.2 Å². The van der Waals surface area contributed by atoms with Gasteiger partial charge in [-0.2, -0.15) is 13.2 Å². The van der Waals surface area contributed by atoms with Gasteiger partial charge in [0.15, 0.2) is 0 Å². The van der Waals surface area contributed by atoms with Crippen LogP contribution in [0.4, 0.5) is 13.2 Å². The van der Waals surface area contributed by atoms with Crippen LogP contribution in [0.5, 0.6) is 0 Å². The van der Waals surface area contributed by atoms with Crippen LogP contribution in [0.3, 0.4) is 0 Å². The van der Waals surface area contributed by atoms with Crippen LogP contribution in [0.15, 0.2) is 54.7 Å². The Morgan fingerprint density at radius 3 is 2.29 bits per heavy atom. The highest BCUT2D eigenvalue weighted by Crippen LogP contribution is 2.23. The number of amides is 3. The summed E-state index contributed by atoms with van der Waals surface area (Å²) in [6.45, 7) is 2.86. The van der Waals surface area contributed by atoms with Crippen LogP contribution in [0.1, 0.15) is 30.0 Å². The number of ether oxygens (including phenoxy) is 1. The molecule has 0 aliphatic carbocycles. The molecule has 1 saturated heterocycles. The van der Waals surface area contributed by atoms with E-state index in [-0.39, 0.29) is 18.7 Å². The molecule has 3 amide bonds. The Hall–Kier alpha value is -4.72. The van der Waals surface area contributed by atoms with Gasteiger partial charge in [0.1, 0.15) is 17.9 Å². The van der Waals surface area contributed by atoms with E-state index in [9.17, 15) is 32.3 Å². The second kappa shape index (κ2) is 14.8. The lowest BCUT2D eigenvalue weighted by Crippen LogP contribution is -2.53. The maximum absolute atomic E-state index is 13.4. The van der Waals surface area contributed by atoms with E-state index < -0.39 is 54.7 Å². The summed E-state index contributed by atoms with van der Waals surface area (Å²) in [5.41, 5.74) is 2.23. The molecule has 0 bridgehead atoms. The van der Waals surface area contributed by atoms with Crippen molar-refractivity contribution < 1.29 is 37.1 Å². The molecule has 11 nitrogen and oxygen atoms in total. The second-order valence-electron chi connectivity index (χ2n) is 10.5. The van der Waals surface area contributed by atoms with Crippen LogP contribution < -0.4 is 16.0 Å². The minimum absolute atomic E-state index is 0.0160. The summed E-state index contributed by atoms with van der Waals surface area (Å²) in [7, 11) is 0. The van der Waals surface area contributed by atoms with Crippen molar-refractivity contribution in [2.45, 2.75) is 44.4 Å². The smallest absolute Gasteiger partial charge is 0.378 e. The standard InChI is InChI=1S/C31H35F3N6O5/c1-2-26(41)39-25(15-19-7-3-4-9-22(19)29(35)40-11-13-45-14-12-40)30(44)37-18-27(42)38-24(28(43)31(32,33)34)16-20-17-36-23-10-6-5-8-21(20)23/h3-10,17,24-25,35-36H,2,11-16,18H2,1H3,(H,37,44)(H,38,42)(H,39,41). The van der Waals surface area contributed by atoms with Crippen molar-refractivity contribution in [3.8, 4) is 0 Å². The van der Waals surface area contributed by atoms with E-state index in [1.54, 1.807) is 55.5 Å². The SMILES string of the molecule is CCC(=O)NC(Cc1ccccc1C(=N)N1CCOCC1)C(=O)NCC(=O)NC(Cc1c[nH]c2ccccc12)C(=O)C(F)(F)F. The van der Waals surface area contributed by atoms with Gasteiger partial charge in [0.2, 0.25) is 17.7 Å². The minimum Gasteiger partial charge on any atom is -0.378 e. The number of halogens is 3. The quantitative estimate of drug-likeness (QED) is 0.153. The summed E-state index contributed by atoms with van der Waals surface area (Å²) >= 11 is 0. The molecule has 1 aliphatic heterocycles. The van der Waals surface area contributed by atoms with E-state index in [0.29, 0.717) is 53.9 Å². The van der Waals surface area contributed by atoms with Gasteiger partial charge in [0.25, 0.3) is 5.78 Å². The highest BCUT2D eigenvalue weighted by molar-refractivity contribution is 5.99. The van der Waals surface area contributed by atoms with E-state index in [4.69, 9.17) is 10.1 Å². The number of aromatic amines is 1. The number of morpholine rings is 1. The van der Waals surface area contributed by atoms with Crippen LogP contribution >= 0.6 is 0 Å². The van der Waals surface area contributed by atoms with Gasteiger partial charge in [-0.05, 0) is 17.2 Å². The van der Waals surface area contributed by atoms with Gasteiger partial charge >= 0.3 is 6.18 Å². The Labute approximate surface area is 257 Å². The zero-order valence-electron chi connectivity index (χ0n) is 24.6. The molecule has 2 aromatic carbocycles. The van der Waals surface area contributed by atoms with E-state index in [1.165, 1.54) is 6.20 Å². The molecule has 0 spiro atoms. The minimum atomic E-state index is -5.20. The zero-order chi connectivity index (χ0) is 32.6. The average Bonchev–Trinajstić information content (AvgIpc) is 3.45. The van der Waals surface area contributed by atoms with Gasteiger partial charge in [-0.3, -0.25) is 24.6 Å². The third kappa shape index (κ3) is 8.69. The number of rotatable bonds is 12. The number of amidine groups is 1. The van der Waals surface area contributed by atoms with Crippen molar-refractivity contribution in [2.24, 2.45) is 0 Å². The Bertz CT molecular complexity index is 1550. The van der Waals surface area contributed by atoms with Crippen LogP contribution in [-0.4, -0.2) is 90.3 Å². The number of hydrogen-bond acceptors (Lipinski definition) is 6. The van der Waals surface area contributed by atoms with Crippen molar-refractivity contribution in [3.63, 3.8) is 0 Å². The second-order valence-corrected chi connectivity index (χ2v) is 10.5. The first-order valence-corrected chi connectivity index (χ1v) is 14.5. The number of Topliss-reactive ketones (excluding diaryl/α,β-unsaturated/α-hetero) is 1. The number of H-pyrrole nitrogens is 1. The lowest BCUT2D eigenvalue weighted by atomic mass is 9.98. The lowest BCUT2D eigenvalue weighted by molar-refractivity contribution is -0.173. The third-order valence-corrected chi connectivity index (χ3v) is 7.45. The van der Waals surface area contributed by atoms with Crippen LogP contribution in [0, 0.1) is 5.41 Å². The number of nitrogens with zero attached hydrogens (tertiary/aromatic N) is 1. The largest absolute Gasteiger partial charge is 0.452 e. The molecule has 0 radical (unpaired) electrons. The van der Waals surface area contributed by atoms with Crippen molar-refractivity contribution in [1.29, 1.82) is 5.41 Å². The van der Waals surface area contributed by atoms with Crippen LogP contribution in [0.25, 0.3) is 10.9 Å². The number of para-hydroxylation sites is 1. The Morgan fingerprint density at radius 2 is 1.58 bits per heavy atom. The molecule has 2 atom stereocenters. The molecule has 14 heteroatoms. The predicted octanol–water partition coefficient (Wildman–Crippen LogP) is 2.24. The number of hydrogen-bond donors (Lipinski definition) is 5. The Balaban J connectivity index is 1.45. The highest BCUT2D eigenvalue weighted by atomic mass is 19.4. The summed E-state index contributed by atoms with van der Waals surface area (Å²) < 4.78 is 45.7. The summed E-state index contributed by atoms with van der Waals surface area (Å²) in [4.78, 5) is 55.3. The lowest BCUT2D eigenvalue weighted by Gasteiger charge is -2.30. The van der Waals surface area contributed by atoms with Crippen LogP contribution in [0.2, 0.25) is 0 Å². The fourth-order valence-corrected chi connectivity index (χ4v) is 5.08. The number of carbonyl (C=O) groups is 4. The maximum atomic E-state index is 13.4. The number of ketones is 1. The summed E-state index contributed by atoms with van der Waals surface area (Å²) in [6.07, 6.45) is -4.09. The Morgan fingerprint density at radius 1 is 0.933 bits per heavy atom. The molecule has 1 aromatic heterocycles. The van der Waals surface area contributed by atoms with E-state index in [1.807, 2.05) is 4.90 Å². The number of aromatic nitrogens is 1. The normalized spacial score (nSPS) is 14.8. The molecule has 2 unspecified atom stereocenters. The fraction of sp³-hybridized carbons (Fsp3) is 0.387. The predicted molar refractivity (Wildman–Crippen MR) is 160 cm³/mol. The van der Waals surface area contributed by atoms with Gasteiger partial charge in [-0.25, -0.2) is 0 Å². The molecule has 5 N–H and O–H groups in total. The molecule has 1 aliphatic rings. The average molecular weight is 629 g/mol. The summed E-state index contributed by atoms with van der Waals surface area (Å²) in [6, 6.07) is 10.7. The Kier molecular flexibility index (Phi) is 10.9. The maximum Gasteiger partial charge on any atom is 0.452 e. The molecule has 0 saturated carbocycles. The van der Waals surface area contributed by atoms with Gasteiger partial charge in [0.05, 0.1) is 19.8 Å². The number of fused-ring (bicyclic) bond motifs is 1. The van der Waals surface area contributed by atoms with Gasteiger partial charge < -0.3 is 30.6 Å². The molecule has 240 valence electrons. The van der Waals surface area contributed by atoms with E-state index in [2.05, 4.69) is 20.9 Å². The first kappa shape index (κ1) is 33.2. The highest BCUT2D eigenvalue weighted by Gasteiger charge is 2.44. The van der Waals surface area contributed by atoms with Crippen molar-refractivity contribution in [3.05, 3.63) is 71.4 Å². The number of nitrogens with one attached hydrogen (secondary N) is 5.